The fraction of sp³-hybridized carbons (Fsp3) is 0.265. The van der Waals surface area contributed by atoms with Gasteiger partial charge in [-0.15, -0.1) is 0 Å². The van der Waals surface area contributed by atoms with Gasteiger partial charge in [0.2, 0.25) is 0 Å². The molecule has 0 N–H and O–H groups in total. The van der Waals surface area contributed by atoms with Crippen LogP contribution in [0.25, 0.3) is 43.4 Å². The highest BCUT2D eigenvalue weighted by Gasteiger charge is 2.16. The van der Waals surface area contributed by atoms with Crippen LogP contribution in [0.15, 0.2) is 109 Å². The van der Waals surface area contributed by atoms with E-state index in [0.717, 1.165) is 0 Å². The fourth-order valence-electron chi connectivity index (χ4n) is 6.67. The van der Waals surface area contributed by atoms with Gasteiger partial charge in [-0.05, 0) is 163 Å². The summed E-state index contributed by atoms with van der Waals surface area (Å²) in [4.78, 5) is 0. The second-order valence-corrected chi connectivity index (χ2v) is 13.0. The van der Waals surface area contributed by atoms with E-state index in [0.29, 0.717) is 0 Å². The Morgan fingerprint density at radius 2 is 0.612 bits per heavy atom. The molecule has 49 heavy (non-hydrogen) atoms. The van der Waals surface area contributed by atoms with Gasteiger partial charge in [-0.1, -0.05) is 137 Å². The Bertz CT molecular complexity index is 2060. The summed E-state index contributed by atoms with van der Waals surface area (Å²) in [5.41, 5.74) is 16.8. The lowest BCUT2D eigenvalue weighted by molar-refractivity contribution is 1.20. The quantitative estimate of drug-likeness (QED) is 0.166. The lowest BCUT2D eigenvalue weighted by Crippen LogP contribution is -2.01. The van der Waals surface area contributed by atoms with E-state index in [1.165, 1.54) is 99.1 Å². The summed E-state index contributed by atoms with van der Waals surface area (Å²) in [7, 11) is 0. The smallest absolute Gasteiger partial charge is 0.0114 e. The van der Waals surface area contributed by atoms with Crippen LogP contribution in [0.3, 0.4) is 0 Å². The zero-order chi connectivity index (χ0) is 33.1. The second-order valence-electron chi connectivity index (χ2n) is 13.0. The minimum atomic E-state index is 0. The van der Waals surface area contributed by atoms with Crippen molar-refractivity contribution in [1.29, 1.82) is 0 Å². The van der Waals surface area contributed by atoms with Gasteiger partial charge < -0.3 is 0 Å². The molecule has 0 saturated carbocycles. The second kappa shape index (κ2) is 17.1. The van der Waals surface area contributed by atoms with Crippen LogP contribution in [0.1, 0.15) is 77.9 Å². The highest BCUT2D eigenvalue weighted by Crippen LogP contribution is 2.36. The summed E-state index contributed by atoms with van der Waals surface area (Å²) in [6, 6.07) is 38.6. The number of fused-ring (bicyclic) bond motifs is 3. The predicted octanol–water partition coefficient (Wildman–Crippen LogP) is 15.2. The molecule has 256 valence electrons. The first-order valence-corrected chi connectivity index (χ1v) is 16.5. The van der Waals surface area contributed by atoms with Crippen molar-refractivity contribution in [3.05, 3.63) is 165 Å². The Hall–Kier alpha value is -4.68. The van der Waals surface area contributed by atoms with Gasteiger partial charge in [0.25, 0.3) is 0 Å². The molecule has 0 unspecified atom stereocenters. The third-order valence-corrected chi connectivity index (χ3v) is 10.1. The Balaban J connectivity index is 0.000000254. The molecule has 0 fully saturated rings. The number of rotatable bonds is 1. The number of aryl methyl sites for hydroxylation is 6. The summed E-state index contributed by atoms with van der Waals surface area (Å²) in [5, 5.41) is 8.22. The number of benzene rings is 7. The van der Waals surface area contributed by atoms with E-state index in [4.69, 9.17) is 0 Å². The minimum Gasteiger partial charge on any atom is -0.0776 e. The molecule has 0 bridgehead atoms. The van der Waals surface area contributed by atoms with Crippen molar-refractivity contribution in [2.75, 3.05) is 0 Å². The van der Waals surface area contributed by atoms with E-state index in [-0.39, 0.29) is 22.3 Å². The Kier molecular flexibility index (Phi) is 14.1. The normalized spacial score (nSPS) is 10.2. The van der Waals surface area contributed by atoms with E-state index < -0.39 is 0 Å². The van der Waals surface area contributed by atoms with Gasteiger partial charge in [-0.3, -0.25) is 0 Å². The van der Waals surface area contributed by atoms with Crippen LogP contribution in [0.4, 0.5) is 0 Å². The summed E-state index contributed by atoms with van der Waals surface area (Å²) < 4.78 is 0. The Labute approximate surface area is 298 Å². The summed E-state index contributed by atoms with van der Waals surface area (Å²) in [5.74, 6) is 0. The van der Waals surface area contributed by atoms with Crippen LogP contribution in [0.2, 0.25) is 0 Å². The lowest BCUT2D eigenvalue weighted by atomic mass is 9.83. The fourth-order valence-corrected chi connectivity index (χ4v) is 6.67. The molecule has 0 aliphatic heterocycles. The SMILES string of the molecule is C.C.C.Cc1c(C)c(C)c2c(C)c(C)c(C)c(C)c2c1C.Cc1ccc2cc(-c3ccccc3)ccc2c1.Cc1ccc2ccccc2c1. The van der Waals surface area contributed by atoms with E-state index in [1.54, 1.807) is 0 Å². The van der Waals surface area contributed by atoms with Gasteiger partial charge >= 0.3 is 0 Å². The highest BCUT2D eigenvalue weighted by atomic mass is 14.2. The molecule has 0 saturated heterocycles. The molecule has 0 aliphatic carbocycles. The van der Waals surface area contributed by atoms with Gasteiger partial charge in [0.1, 0.15) is 0 Å². The molecule has 0 spiro atoms. The van der Waals surface area contributed by atoms with Gasteiger partial charge in [0.05, 0.1) is 0 Å². The molecular weight excluding hydrogens is 589 g/mol. The van der Waals surface area contributed by atoms with Crippen molar-refractivity contribution in [3.8, 4) is 11.1 Å². The largest absolute Gasteiger partial charge is 0.0776 e. The number of hydrogen-bond acceptors (Lipinski definition) is 0. The van der Waals surface area contributed by atoms with Crippen molar-refractivity contribution < 1.29 is 0 Å². The first-order chi connectivity index (χ1) is 22.0. The molecule has 7 rings (SSSR count). The van der Waals surface area contributed by atoms with Crippen LogP contribution >= 0.6 is 0 Å². The van der Waals surface area contributed by atoms with E-state index in [9.17, 15) is 0 Å². The zero-order valence-electron chi connectivity index (χ0n) is 29.4. The molecule has 0 aliphatic rings. The molecule has 7 aromatic rings. The number of hydrogen-bond donors (Lipinski definition) is 0. The molecule has 0 radical (unpaired) electrons. The molecule has 0 aromatic heterocycles. The summed E-state index contributed by atoms with van der Waals surface area (Å²) >= 11 is 0. The molecular formula is C49H60. The van der Waals surface area contributed by atoms with Crippen molar-refractivity contribution in [2.24, 2.45) is 0 Å². The zero-order valence-corrected chi connectivity index (χ0v) is 29.4. The maximum Gasteiger partial charge on any atom is -0.0114 e. The Morgan fingerprint density at radius 1 is 0.265 bits per heavy atom. The van der Waals surface area contributed by atoms with Gasteiger partial charge in [-0.2, -0.15) is 0 Å². The van der Waals surface area contributed by atoms with Crippen molar-refractivity contribution in [1.82, 2.24) is 0 Å². The van der Waals surface area contributed by atoms with Crippen LogP contribution < -0.4 is 0 Å². The van der Waals surface area contributed by atoms with E-state index in [2.05, 4.69) is 172 Å². The van der Waals surface area contributed by atoms with Crippen molar-refractivity contribution in [2.45, 2.75) is 91.5 Å². The van der Waals surface area contributed by atoms with Gasteiger partial charge in [0, 0.05) is 0 Å². The van der Waals surface area contributed by atoms with Crippen LogP contribution in [-0.4, -0.2) is 0 Å². The van der Waals surface area contributed by atoms with Crippen LogP contribution in [-0.2, 0) is 0 Å². The van der Waals surface area contributed by atoms with Crippen molar-refractivity contribution >= 4 is 32.3 Å². The molecule has 7 aromatic carbocycles. The maximum atomic E-state index is 2.27. The minimum absolute atomic E-state index is 0. The first-order valence-electron chi connectivity index (χ1n) is 16.5. The van der Waals surface area contributed by atoms with E-state index in [1.807, 2.05) is 6.07 Å². The first kappa shape index (κ1) is 40.5. The average Bonchev–Trinajstić information content (AvgIpc) is 3.07. The van der Waals surface area contributed by atoms with Gasteiger partial charge in [-0.25, -0.2) is 0 Å². The summed E-state index contributed by atoms with van der Waals surface area (Å²) in [6.45, 7) is 22.3. The molecule has 0 amide bonds. The summed E-state index contributed by atoms with van der Waals surface area (Å²) in [6.07, 6.45) is 0. The lowest BCUT2D eigenvalue weighted by Gasteiger charge is -2.21. The topological polar surface area (TPSA) is 0 Å². The van der Waals surface area contributed by atoms with Crippen molar-refractivity contribution in [3.63, 3.8) is 0 Å². The third kappa shape index (κ3) is 8.49. The monoisotopic (exact) mass is 648 g/mol. The Morgan fingerprint density at radius 3 is 1.08 bits per heavy atom. The van der Waals surface area contributed by atoms with E-state index >= 15 is 0 Å². The maximum absolute atomic E-state index is 2.27. The highest BCUT2D eigenvalue weighted by molar-refractivity contribution is 5.97. The molecule has 0 heterocycles. The molecule has 0 nitrogen and oxygen atoms in total. The van der Waals surface area contributed by atoms with Gasteiger partial charge in [0.15, 0.2) is 0 Å². The standard InChI is InChI=1S/C18H24.C17H14.C11H10.3CH4/c1-9-10(2)14(6)18-16(8)12(4)11(3)15(7)17(18)13(9)5;1-13-7-8-17-12-16(10-9-15(17)11-13)14-5-3-2-4-6-14;1-9-6-7-10-4-2-3-5-11(10)8-9;;;/h1-8H3;2-12H,1H3;2-8H,1H3;3*1H4. The third-order valence-electron chi connectivity index (χ3n) is 10.1. The molecule has 0 heteroatoms. The average molecular weight is 649 g/mol. The molecule has 0 atom stereocenters. The van der Waals surface area contributed by atoms with Crippen LogP contribution in [0, 0.1) is 69.2 Å². The predicted molar refractivity (Wildman–Crippen MR) is 225 cm³/mol. The van der Waals surface area contributed by atoms with Crippen LogP contribution in [0.5, 0.6) is 0 Å².